The zero-order chi connectivity index (χ0) is 74.4. The average molecular weight is 1540 g/mol. The lowest BCUT2D eigenvalue weighted by Crippen LogP contribution is -2.27. The third-order valence-electron chi connectivity index (χ3n) is 25.6. The molecule has 5 heterocycles. The van der Waals surface area contributed by atoms with Gasteiger partial charge in [-0.3, -0.25) is 0 Å². The maximum absolute atomic E-state index is 5.57. The Balaban J connectivity index is 0.984. The molecule has 0 saturated carbocycles. The van der Waals surface area contributed by atoms with Gasteiger partial charge in [-0.05, 0) is 133 Å². The van der Waals surface area contributed by atoms with Crippen LogP contribution in [0.2, 0.25) is 0 Å². The van der Waals surface area contributed by atoms with E-state index in [0.717, 1.165) is 16.6 Å². The molecule has 4 nitrogen and oxygen atoms in total. The van der Waals surface area contributed by atoms with Crippen LogP contribution in [0, 0.1) is 13.8 Å². The van der Waals surface area contributed by atoms with E-state index in [1.54, 1.807) is 22.3 Å². The minimum Gasteiger partial charge on any atom is -0.173 e. The van der Waals surface area contributed by atoms with Crippen molar-refractivity contribution in [2.45, 2.75) is 438 Å². The molecule has 107 heavy (non-hydrogen) atoms. The maximum Gasteiger partial charge on any atom is 0.114 e. The van der Waals surface area contributed by atoms with Gasteiger partial charge in [0.15, 0.2) is 0 Å². The Kier molecular flexibility index (Phi) is 38.9. The first-order chi connectivity index (χ1) is 52.9. The van der Waals surface area contributed by atoms with Crippen molar-refractivity contribution in [3.63, 3.8) is 0 Å². The van der Waals surface area contributed by atoms with Gasteiger partial charge in [0.1, 0.15) is 22.1 Å². The first kappa shape index (κ1) is 85.8. The summed E-state index contributed by atoms with van der Waals surface area (Å²) in [6.07, 6.45) is 82.3. The first-order valence-electron chi connectivity index (χ1n) is 45.9. The lowest BCUT2D eigenvalue weighted by molar-refractivity contribution is 0.393. The Hall–Kier alpha value is -3.60. The van der Waals surface area contributed by atoms with E-state index in [0.29, 0.717) is 0 Å². The summed E-state index contributed by atoms with van der Waals surface area (Å²) in [6.45, 7) is 13.9. The highest BCUT2D eigenvalue weighted by Crippen LogP contribution is 2.64. The predicted molar refractivity (Wildman–Crippen MR) is 480 cm³/mol. The van der Waals surface area contributed by atoms with E-state index >= 15 is 0 Å². The van der Waals surface area contributed by atoms with Gasteiger partial charge in [-0.25, -0.2) is 0 Å². The molecular formula is C98H148N4S5. The van der Waals surface area contributed by atoms with Crippen LogP contribution < -0.4 is 0 Å². The van der Waals surface area contributed by atoms with E-state index in [9.17, 15) is 0 Å². The number of fused-ring (bicyclic) bond motifs is 10. The van der Waals surface area contributed by atoms with E-state index in [1.165, 1.54) is 477 Å². The van der Waals surface area contributed by atoms with Gasteiger partial charge in [-0.1, -0.05) is 393 Å². The SMILES string of the molecule is CCCCCCCCCCCCCCCCC1(CCCCCCCCCCCCCCCC)c2cc3c(cc2-c2c1cc(C)c1nsnc21)C(CCCCCCCCCCCCCCCC)(CCCCCCCCCCCCCCCC)c1cc(-c2ccc(-c4ccc(-c5ccc(C)s5)s4)s2)c2nsnc2c1-3. The fraction of sp³-hybridized carbons (Fsp3) is 0.694. The maximum atomic E-state index is 5.57. The summed E-state index contributed by atoms with van der Waals surface area (Å²) in [5.74, 6) is 0. The van der Waals surface area contributed by atoms with E-state index in [2.05, 4.69) is 102 Å². The third kappa shape index (κ3) is 24.9. The number of thiophene rings is 3. The van der Waals surface area contributed by atoms with Crippen molar-refractivity contribution in [3.05, 3.63) is 93.4 Å². The highest BCUT2D eigenvalue weighted by atomic mass is 32.1. The van der Waals surface area contributed by atoms with Crippen molar-refractivity contribution < 1.29 is 0 Å². The van der Waals surface area contributed by atoms with Crippen LogP contribution in [0.3, 0.4) is 0 Å². The van der Waals surface area contributed by atoms with Crippen LogP contribution in [0.5, 0.6) is 0 Å². The Morgan fingerprint density at radius 2 is 0.477 bits per heavy atom. The summed E-state index contributed by atoms with van der Waals surface area (Å²) >= 11 is 8.72. The van der Waals surface area contributed by atoms with Crippen molar-refractivity contribution in [2.24, 2.45) is 0 Å². The minimum absolute atomic E-state index is 0.0953. The second-order valence-corrected chi connectivity index (χ2v) is 38.6. The fourth-order valence-corrected chi connectivity index (χ4v) is 23.5. The van der Waals surface area contributed by atoms with Gasteiger partial charge in [0, 0.05) is 56.8 Å². The van der Waals surface area contributed by atoms with Gasteiger partial charge in [-0.15, -0.1) is 34.0 Å². The van der Waals surface area contributed by atoms with Crippen molar-refractivity contribution in [2.75, 3.05) is 0 Å². The number of aromatic nitrogens is 4. The molecule has 5 aromatic heterocycles. The quantitative estimate of drug-likeness (QED) is 0.0357. The Labute approximate surface area is 675 Å². The number of aryl methyl sites for hydroxylation is 2. The van der Waals surface area contributed by atoms with Crippen molar-refractivity contribution in [1.82, 2.24) is 17.5 Å². The first-order valence-corrected chi connectivity index (χ1v) is 49.8. The van der Waals surface area contributed by atoms with Crippen molar-refractivity contribution in [3.8, 4) is 52.2 Å². The number of benzene rings is 3. The highest BCUT2D eigenvalue weighted by molar-refractivity contribution is 7.27. The second-order valence-electron chi connectivity index (χ2n) is 34.1. The van der Waals surface area contributed by atoms with Gasteiger partial charge < -0.3 is 0 Å². The summed E-state index contributed by atoms with van der Waals surface area (Å²) in [4.78, 5) is 8.14. The molecular weight excluding hydrogens is 1390 g/mol. The van der Waals surface area contributed by atoms with Gasteiger partial charge >= 0.3 is 0 Å². The Bertz CT molecular complexity index is 3670. The molecule has 3 aromatic carbocycles. The largest absolute Gasteiger partial charge is 0.173 e. The third-order valence-corrected chi connectivity index (χ3v) is 30.2. The molecule has 0 N–H and O–H groups in total. The summed E-state index contributed by atoms with van der Waals surface area (Å²) in [5.41, 5.74) is 19.1. The van der Waals surface area contributed by atoms with Crippen LogP contribution in [-0.2, 0) is 10.8 Å². The summed E-state index contributed by atoms with van der Waals surface area (Å²) in [7, 11) is 0. The van der Waals surface area contributed by atoms with Gasteiger partial charge in [0.25, 0.3) is 0 Å². The molecule has 0 radical (unpaired) electrons. The fourth-order valence-electron chi connectivity index (χ4n) is 19.2. The van der Waals surface area contributed by atoms with Gasteiger partial charge in [0.05, 0.1) is 23.5 Å². The molecule has 8 aromatic rings. The Morgan fingerprint density at radius 3 is 0.794 bits per heavy atom. The standard InChI is InChI=1S/C98H148N4S5/c1-7-11-15-19-23-27-31-35-39-43-47-51-55-59-69-97(70-60-56-52-48-44-40-36-32-28-24-20-16-12-8-2)82-75-80-83(74-79(82)91-84(97)73-77(5)93-95(91)101-106-99-93)98(71-61-57-53-49-45-41-37-33-29-25-21-17-13-9-3,72-62-58-54-50-46-42-38-34-30-26-22-18-14-10-4)85-76-81(94-96(92(80)85)102-107-100-94)86-65-66-89(104-86)90-68-67-88(105-90)87-64-63-78(6)103-87/h63-68,73-76H,7-62,69-72H2,1-6H3. The molecule has 10 rings (SSSR count). The number of hydrogen-bond acceptors (Lipinski definition) is 9. The molecule has 0 aliphatic heterocycles. The van der Waals surface area contributed by atoms with E-state index in [4.69, 9.17) is 17.5 Å². The number of hydrogen-bond donors (Lipinski definition) is 0. The summed E-state index contributed by atoms with van der Waals surface area (Å²) in [5, 5.41) is 0. The lowest BCUT2D eigenvalue weighted by Gasteiger charge is -2.35. The van der Waals surface area contributed by atoms with Crippen LogP contribution in [0.15, 0.2) is 60.7 Å². The molecule has 0 amide bonds. The smallest absolute Gasteiger partial charge is 0.114 e. The van der Waals surface area contributed by atoms with Crippen LogP contribution in [0.1, 0.15) is 446 Å². The highest BCUT2D eigenvalue weighted by Gasteiger charge is 2.50. The van der Waals surface area contributed by atoms with E-state index in [1.807, 2.05) is 34.0 Å². The van der Waals surface area contributed by atoms with E-state index < -0.39 is 0 Å². The van der Waals surface area contributed by atoms with Crippen LogP contribution >= 0.6 is 57.5 Å². The zero-order valence-electron chi connectivity index (χ0n) is 69.0. The minimum atomic E-state index is -0.152. The van der Waals surface area contributed by atoms with Crippen LogP contribution in [0.4, 0.5) is 0 Å². The number of nitrogens with zero attached hydrogens (tertiary/aromatic N) is 4. The van der Waals surface area contributed by atoms with E-state index in [-0.39, 0.29) is 10.8 Å². The van der Waals surface area contributed by atoms with Gasteiger partial charge in [-0.2, -0.15) is 17.5 Å². The number of unbranched alkanes of at least 4 members (excludes halogenated alkanes) is 52. The lowest BCUT2D eigenvalue weighted by atomic mass is 9.68. The van der Waals surface area contributed by atoms with Crippen molar-refractivity contribution in [1.29, 1.82) is 0 Å². The number of rotatable bonds is 63. The molecule has 9 heteroatoms. The molecule has 590 valence electrons. The molecule has 0 unspecified atom stereocenters. The van der Waals surface area contributed by atoms with Crippen molar-refractivity contribution >= 4 is 79.5 Å². The monoisotopic (exact) mass is 1540 g/mol. The summed E-state index contributed by atoms with van der Waals surface area (Å²) < 4.78 is 21.5. The zero-order valence-corrected chi connectivity index (χ0v) is 73.1. The summed E-state index contributed by atoms with van der Waals surface area (Å²) in [6, 6.07) is 25.3. The molecule has 0 fully saturated rings. The average Bonchev–Trinajstić information content (AvgIpc) is 1.52. The van der Waals surface area contributed by atoms with Crippen LogP contribution in [-0.4, -0.2) is 17.5 Å². The molecule has 0 bridgehead atoms. The molecule has 0 spiro atoms. The predicted octanol–water partition coefficient (Wildman–Crippen LogP) is 35.5. The van der Waals surface area contributed by atoms with Crippen LogP contribution in [0.25, 0.3) is 74.3 Å². The molecule has 2 aliphatic carbocycles. The molecule has 0 saturated heterocycles. The second kappa shape index (κ2) is 48.5. The Morgan fingerprint density at radius 1 is 0.234 bits per heavy atom. The molecule has 2 aliphatic rings. The van der Waals surface area contributed by atoms with Gasteiger partial charge in [0.2, 0.25) is 0 Å². The molecule has 0 atom stereocenters. The normalized spacial score (nSPS) is 13.5. The topological polar surface area (TPSA) is 51.6 Å².